The zero-order valence-corrected chi connectivity index (χ0v) is 11.6. The molecule has 0 aliphatic carbocycles. The van der Waals surface area contributed by atoms with Crippen molar-refractivity contribution in [2.75, 3.05) is 13.1 Å². The van der Waals surface area contributed by atoms with E-state index in [1.165, 1.54) is 0 Å². The number of nitrogens with zero attached hydrogens (tertiary/aromatic N) is 4. The van der Waals surface area contributed by atoms with Crippen LogP contribution in [0.5, 0.6) is 0 Å². The van der Waals surface area contributed by atoms with Gasteiger partial charge in [0.2, 0.25) is 0 Å². The Morgan fingerprint density at radius 2 is 2.00 bits per heavy atom. The van der Waals surface area contributed by atoms with E-state index in [-0.39, 0.29) is 0 Å². The van der Waals surface area contributed by atoms with Crippen LogP contribution in [0.15, 0.2) is 30.3 Å². The highest BCUT2D eigenvalue weighted by Crippen LogP contribution is 2.12. The molecule has 1 unspecified atom stereocenters. The largest absolute Gasteiger partial charge is 0.317 e. The van der Waals surface area contributed by atoms with Crippen molar-refractivity contribution in [3.05, 3.63) is 36.2 Å². The highest BCUT2D eigenvalue weighted by Gasteiger charge is 2.13. The quantitative estimate of drug-likeness (QED) is 0.824. The lowest BCUT2D eigenvalue weighted by atomic mass is 10.0. The smallest absolute Gasteiger partial charge is 0.157 e. The van der Waals surface area contributed by atoms with E-state index in [0.29, 0.717) is 5.92 Å². The summed E-state index contributed by atoms with van der Waals surface area (Å²) in [5.74, 6) is 1.49. The van der Waals surface area contributed by atoms with Crippen LogP contribution in [0.4, 0.5) is 0 Å². The third kappa shape index (κ3) is 3.61. The van der Waals surface area contributed by atoms with Gasteiger partial charge >= 0.3 is 0 Å². The molecule has 0 fully saturated rings. The van der Waals surface area contributed by atoms with E-state index in [4.69, 9.17) is 0 Å². The van der Waals surface area contributed by atoms with Gasteiger partial charge in [-0.05, 0) is 41.6 Å². The third-order valence-corrected chi connectivity index (χ3v) is 3.27. The number of hydrogen-bond acceptors (Lipinski definition) is 4. The molecular weight excluding hydrogens is 238 g/mol. The van der Waals surface area contributed by atoms with Gasteiger partial charge in [-0.3, -0.25) is 0 Å². The van der Waals surface area contributed by atoms with Crippen molar-refractivity contribution in [2.24, 2.45) is 5.92 Å². The molecule has 1 atom stereocenters. The molecule has 0 saturated heterocycles. The van der Waals surface area contributed by atoms with E-state index in [1.54, 1.807) is 0 Å². The van der Waals surface area contributed by atoms with E-state index in [0.717, 1.165) is 37.4 Å². The molecule has 0 saturated carbocycles. The molecule has 5 heteroatoms. The first-order valence-electron chi connectivity index (χ1n) is 6.88. The fraction of sp³-hybridized carbons (Fsp3) is 0.500. The first-order chi connectivity index (χ1) is 9.35. The van der Waals surface area contributed by atoms with Crippen LogP contribution in [0.3, 0.4) is 0 Å². The van der Waals surface area contributed by atoms with Gasteiger partial charge in [-0.15, -0.1) is 5.10 Å². The molecule has 1 aromatic heterocycles. The molecular formula is C14H21N5. The monoisotopic (exact) mass is 259 g/mol. The molecule has 0 radical (unpaired) electrons. The molecule has 0 amide bonds. The average Bonchev–Trinajstić information content (AvgIpc) is 2.92. The molecule has 0 bridgehead atoms. The van der Waals surface area contributed by atoms with Gasteiger partial charge < -0.3 is 5.32 Å². The van der Waals surface area contributed by atoms with Gasteiger partial charge in [-0.2, -0.15) is 4.68 Å². The van der Waals surface area contributed by atoms with E-state index in [9.17, 15) is 0 Å². The summed E-state index contributed by atoms with van der Waals surface area (Å²) in [6, 6.07) is 10.0. The Bertz CT molecular complexity index is 480. The first kappa shape index (κ1) is 13.7. The van der Waals surface area contributed by atoms with E-state index >= 15 is 0 Å². The molecule has 102 valence electrons. The highest BCUT2D eigenvalue weighted by atomic mass is 15.5. The summed E-state index contributed by atoms with van der Waals surface area (Å²) in [5.41, 5.74) is 1.01. The average molecular weight is 259 g/mol. The summed E-state index contributed by atoms with van der Waals surface area (Å²) in [5, 5.41) is 15.5. The minimum absolute atomic E-state index is 0.563. The summed E-state index contributed by atoms with van der Waals surface area (Å²) in [6.45, 7) is 6.34. The predicted molar refractivity (Wildman–Crippen MR) is 75.2 cm³/mol. The fourth-order valence-corrected chi connectivity index (χ4v) is 2.07. The normalized spacial score (nSPS) is 12.5. The van der Waals surface area contributed by atoms with Crippen LogP contribution >= 0.6 is 0 Å². The lowest BCUT2D eigenvalue weighted by molar-refractivity contribution is 0.453. The maximum absolute atomic E-state index is 4.16. The van der Waals surface area contributed by atoms with Gasteiger partial charge in [0.15, 0.2) is 5.82 Å². The molecule has 5 nitrogen and oxygen atoms in total. The van der Waals surface area contributed by atoms with Crippen molar-refractivity contribution in [2.45, 2.75) is 26.7 Å². The molecule has 0 aliphatic rings. The van der Waals surface area contributed by atoms with Crippen molar-refractivity contribution in [1.82, 2.24) is 25.5 Å². The van der Waals surface area contributed by atoms with Crippen LogP contribution in [0.1, 0.15) is 26.1 Å². The summed E-state index contributed by atoms with van der Waals surface area (Å²) < 4.78 is 1.83. The van der Waals surface area contributed by atoms with Crippen LogP contribution in [0.25, 0.3) is 5.69 Å². The maximum atomic E-state index is 4.16. The van der Waals surface area contributed by atoms with Gasteiger partial charge in [0.05, 0.1) is 5.69 Å². The number of para-hydroxylation sites is 1. The predicted octanol–water partition coefficient (Wildman–Crippen LogP) is 1.84. The van der Waals surface area contributed by atoms with Crippen molar-refractivity contribution in [3.8, 4) is 5.69 Å². The number of hydrogen-bond donors (Lipinski definition) is 1. The number of nitrogens with one attached hydrogen (secondary N) is 1. The van der Waals surface area contributed by atoms with Gasteiger partial charge in [0, 0.05) is 6.42 Å². The maximum Gasteiger partial charge on any atom is 0.157 e. The summed E-state index contributed by atoms with van der Waals surface area (Å²) >= 11 is 0. The van der Waals surface area contributed by atoms with Crippen molar-refractivity contribution in [1.29, 1.82) is 0 Å². The van der Waals surface area contributed by atoms with Crippen molar-refractivity contribution < 1.29 is 0 Å². The molecule has 1 N–H and O–H groups in total. The lowest BCUT2D eigenvalue weighted by Gasteiger charge is -2.14. The Morgan fingerprint density at radius 1 is 1.21 bits per heavy atom. The Morgan fingerprint density at radius 3 is 2.68 bits per heavy atom. The van der Waals surface area contributed by atoms with Crippen molar-refractivity contribution in [3.63, 3.8) is 0 Å². The number of benzene rings is 1. The first-order valence-corrected chi connectivity index (χ1v) is 6.88. The summed E-state index contributed by atoms with van der Waals surface area (Å²) in [6.07, 6.45) is 2.01. The van der Waals surface area contributed by atoms with Crippen LogP contribution in [-0.2, 0) is 6.42 Å². The molecule has 2 rings (SSSR count). The summed E-state index contributed by atoms with van der Waals surface area (Å²) in [7, 11) is 0. The summed E-state index contributed by atoms with van der Waals surface area (Å²) in [4.78, 5) is 0. The molecule has 19 heavy (non-hydrogen) atoms. The highest BCUT2D eigenvalue weighted by molar-refractivity contribution is 5.30. The lowest BCUT2D eigenvalue weighted by Crippen LogP contribution is -2.24. The third-order valence-electron chi connectivity index (χ3n) is 3.27. The van der Waals surface area contributed by atoms with Crippen LogP contribution in [0.2, 0.25) is 0 Å². The number of rotatable bonds is 7. The Kier molecular flexibility index (Phi) is 5.03. The second-order valence-electron chi connectivity index (χ2n) is 4.63. The second kappa shape index (κ2) is 6.99. The Balaban J connectivity index is 2.11. The molecule has 1 aromatic carbocycles. The van der Waals surface area contributed by atoms with Crippen LogP contribution in [0, 0.1) is 5.92 Å². The van der Waals surface area contributed by atoms with Gasteiger partial charge in [-0.1, -0.05) is 38.5 Å². The SMILES string of the molecule is CCNCC(CC)Cc1nnnn1-c1ccccc1. The van der Waals surface area contributed by atoms with Gasteiger partial charge in [-0.25, -0.2) is 0 Å². The number of aromatic nitrogens is 4. The van der Waals surface area contributed by atoms with Crippen molar-refractivity contribution >= 4 is 0 Å². The minimum atomic E-state index is 0.563. The topological polar surface area (TPSA) is 55.6 Å². The number of tetrazole rings is 1. The van der Waals surface area contributed by atoms with Gasteiger partial charge in [0.1, 0.15) is 0 Å². The van der Waals surface area contributed by atoms with Crippen LogP contribution < -0.4 is 5.32 Å². The molecule has 2 aromatic rings. The Labute approximate surface area is 114 Å². The zero-order chi connectivity index (χ0) is 13.5. The second-order valence-corrected chi connectivity index (χ2v) is 4.63. The van der Waals surface area contributed by atoms with E-state index in [2.05, 4.69) is 34.7 Å². The fourth-order valence-electron chi connectivity index (χ4n) is 2.07. The molecule has 0 aliphatic heterocycles. The minimum Gasteiger partial charge on any atom is -0.317 e. The molecule has 1 heterocycles. The zero-order valence-electron chi connectivity index (χ0n) is 11.6. The van der Waals surface area contributed by atoms with Gasteiger partial charge in [0.25, 0.3) is 0 Å². The Hall–Kier alpha value is -1.75. The van der Waals surface area contributed by atoms with E-state index < -0.39 is 0 Å². The van der Waals surface area contributed by atoms with Crippen LogP contribution in [-0.4, -0.2) is 33.3 Å². The molecule has 0 spiro atoms. The van der Waals surface area contributed by atoms with E-state index in [1.807, 2.05) is 35.0 Å². The standard InChI is InChI=1S/C14H21N5/c1-3-12(11-15-4-2)10-14-16-17-18-19(14)13-8-6-5-7-9-13/h5-9,12,15H,3-4,10-11H2,1-2H3.